The van der Waals surface area contributed by atoms with Gasteiger partial charge in [0, 0.05) is 19.7 Å². The Kier molecular flexibility index (Phi) is 10.9. The number of methoxy groups -OCH3 is 1. The summed E-state index contributed by atoms with van der Waals surface area (Å²) in [4.78, 5) is 4.29. The Balaban J connectivity index is 1.46. The maximum atomic E-state index is 13.7. The second kappa shape index (κ2) is 14.2. The minimum Gasteiger partial charge on any atom is -0.383 e. The molecule has 42 heavy (non-hydrogen) atoms. The number of nitrogens with zero attached hydrogens (tertiary/aromatic N) is 2. The van der Waals surface area contributed by atoms with Crippen LogP contribution in [0.5, 0.6) is 0 Å². The van der Waals surface area contributed by atoms with E-state index in [0.717, 1.165) is 19.4 Å². The first-order valence-corrected chi connectivity index (χ1v) is 13.7. The van der Waals surface area contributed by atoms with Gasteiger partial charge in [0.25, 0.3) is 0 Å². The van der Waals surface area contributed by atoms with Gasteiger partial charge in [0.1, 0.15) is 5.82 Å². The molecule has 0 unspecified atom stereocenters. The summed E-state index contributed by atoms with van der Waals surface area (Å²) in [5.74, 6) is 5.98. The standard InChI is InChI=1S/C30H33F7N2O3/c1-40-20-26-5-4-13-38(26)11-2-3-12-39-14-16-42-28(27(39)22-6-8-25(31)9-7-22)41-15-10-21-17-23(29(32,33)34)19-24(18-21)30(35,36)37/h6-9,17-19,26-28H,4-5,10-16,20H2,1H3/t26-,27-,28+/m0/s1. The predicted octanol–water partition coefficient (Wildman–Crippen LogP) is 5.94. The van der Waals surface area contributed by atoms with E-state index in [1.165, 1.54) is 12.1 Å². The number of halogens is 7. The molecule has 0 aliphatic carbocycles. The molecule has 0 amide bonds. The topological polar surface area (TPSA) is 34.2 Å². The van der Waals surface area contributed by atoms with Crippen LogP contribution in [0.2, 0.25) is 0 Å². The highest BCUT2D eigenvalue weighted by molar-refractivity contribution is 5.33. The SMILES string of the molecule is COC[C@@H]1CCCN1CC#CCN1CCO[C@@H](OCCc2cc(C(F)(F)F)cc(C(F)(F)F)c2)[C@@H]1c1ccc(F)cc1. The molecule has 2 fully saturated rings. The summed E-state index contributed by atoms with van der Waals surface area (Å²) < 4.78 is 110. The molecular formula is C30H33F7N2O3. The van der Waals surface area contributed by atoms with Gasteiger partial charge >= 0.3 is 12.4 Å². The number of hydrogen-bond acceptors (Lipinski definition) is 5. The maximum Gasteiger partial charge on any atom is 0.416 e. The van der Waals surface area contributed by atoms with E-state index in [1.54, 1.807) is 19.2 Å². The molecule has 2 aromatic rings. The number of alkyl halides is 6. The van der Waals surface area contributed by atoms with Gasteiger partial charge in [0.05, 0.1) is 50.1 Å². The van der Waals surface area contributed by atoms with Gasteiger partial charge in [-0.2, -0.15) is 26.3 Å². The minimum atomic E-state index is -4.93. The molecule has 2 aliphatic rings. The molecule has 0 N–H and O–H groups in total. The van der Waals surface area contributed by atoms with Crippen LogP contribution < -0.4 is 0 Å². The van der Waals surface area contributed by atoms with Gasteiger partial charge in [-0.05, 0) is 67.3 Å². The van der Waals surface area contributed by atoms with Crippen molar-refractivity contribution in [3.8, 4) is 11.8 Å². The monoisotopic (exact) mass is 602 g/mol. The molecule has 2 aromatic carbocycles. The smallest absolute Gasteiger partial charge is 0.383 e. The van der Waals surface area contributed by atoms with E-state index in [9.17, 15) is 30.7 Å². The third-order valence-corrected chi connectivity index (χ3v) is 7.39. The van der Waals surface area contributed by atoms with E-state index in [4.69, 9.17) is 14.2 Å². The number of hydrogen-bond donors (Lipinski definition) is 0. The first-order chi connectivity index (χ1) is 20.0. The highest BCUT2D eigenvalue weighted by Crippen LogP contribution is 2.37. The summed E-state index contributed by atoms with van der Waals surface area (Å²) in [5, 5.41) is 0. The normalized spacial score (nSPS) is 22.2. The summed E-state index contributed by atoms with van der Waals surface area (Å²) in [7, 11) is 1.67. The summed E-state index contributed by atoms with van der Waals surface area (Å²) >= 11 is 0. The van der Waals surface area contributed by atoms with Gasteiger partial charge in [-0.1, -0.05) is 24.0 Å². The van der Waals surface area contributed by atoms with Gasteiger partial charge in [-0.3, -0.25) is 9.80 Å². The van der Waals surface area contributed by atoms with Gasteiger partial charge in [-0.15, -0.1) is 0 Å². The summed E-state index contributed by atoms with van der Waals surface area (Å²) in [5.41, 5.74) is -2.24. The molecule has 5 nitrogen and oxygen atoms in total. The van der Waals surface area contributed by atoms with E-state index in [2.05, 4.69) is 16.7 Å². The quantitative estimate of drug-likeness (QED) is 0.263. The van der Waals surface area contributed by atoms with E-state index in [1.807, 2.05) is 4.90 Å². The van der Waals surface area contributed by atoms with E-state index in [-0.39, 0.29) is 31.3 Å². The summed E-state index contributed by atoms with van der Waals surface area (Å²) in [6.07, 6.45) is -8.83. The second-order valence-electron chi connectivity index (χ2n) is 10.3. The zero-order chi connectivity index (χ0) is 30.3. The Morgan fingerprint density at radius 1 is 0.905 bits per heavy atom. The lowest BCUT2D eigenvalue weighted by molar-refractivity contribution is -0.208. The van der Waals surface area contributed by atoms with Crippen molar-refractivity contribution in [2.45, 2.75) is 50.0 Å². The maximum absolute atomic E-state index is 13.7. The van der Waals surface area contributed by atoms with Crippen molar-refractivity contribution >= 4 is 0 Å². The fourth-order valence-electron chi connectivity index (χ4n) is 5.29. The van der Waals surface area contributed by atoms with Crippen LogP contribution in [0.3, 0.4) is 0 Å². The largest absolute Gasteiger partial charge is 0.416 e. The molecule has 3 atom stereocenters. The van der Waals surface area contributed by atoms with E-state index >= 15 is 0 Å². The number of ether oxygens (including phenoxy) is 3. The Bertz CT molecular complexity index is 1190. The Labute approximate surface area is 240 Å². The fraction of sp³-hybridized carbons (Fsp3) is 0.533. The van der Waals surface area contributed by atoms with Crippen molar-refractivity contribution in [2.75, 3.05) is 53.1 Å². The molecule has 2 aliphatic heterocycles. The zero-order valence-electron chi connectivity index (χ0n) is 23.1. The van der Waals surface area contributed by atoms with Crippen molar-refractivity contribution in [1.29, 1.82) is 0 Å². The zero-order valence-corrected chi connectivity index (χ0v) is 23.1. The molecule has 2 heterocycles. The average Bonchev–Trinajstić information content (AvgIpc) is 3.38. The average molecular weight is 603 g/mol. The van der Waals surface area contributed by atoms with Gasteiger partial charge in [0.2, 0.25) is 0 Å². The second-order valence-corrected chi connectivity index (χ2v) is 10.3. The lowest BCUT2D eigenvalue weighted by Gasteiger charge is -2.40. The minimum absolute atomic E-state index is 0.0968. The van der Waals surface area contributed by atoms with Crippen LogP contribution in [0.1, 0.15) is 41.1 Å². The van der Waals surface area contributed by atoms with Crippen LogP contribution in [-0.2, 0) is 33.0 Å². The van der Waals surface area contributed by atoms with Crippen LogP contribution in [0.15, 0.2) is 42.5 Å². The summed E-state index contributed by atoms with van der Waals surface area (Å²) in [6.45, 7) is 3.12. The molecule has 2 saturated heterocycles. The van der Waals surface area contributed by atoms with E-state index < -0.39 is 41.6 Å². The van der Waals surface area contributed by atoms with E-state index in [0.29, 0.717) is 50.0 Å². The Morgan fingerprint density at radius 3 is 2.17 bits per heavy atom. The fourth-order valence-corrected chi connectivity index (χ4v) is 5.29. The molecule has 4 rings (SSSR count). The lowest BCUT2D eigenvalue weighted by Crippen LogP contribution is -2.46. The number of rotatable bonds is 9. The van der Waals surface area contributed by atoms with Crippen LogP contribution in [0.25, 0.3) is 0 Å². The van der Waals surface area contributed by atoms with Crippen molar-refractivity contribution in [2.24, 2.45) is 0 Å². The van der Waals surface area contributed by atoms with Gasteiger partial charge in [0.15, 0.2) is 6.29 Å². The lowest BCUT2D eigenvalue weighted by atomic mass is 10.0. The van der Waals surface area contributed by atoms with Crippen LogP contribution in [0, 0.1) is 17.7 Å². The summed E-state index contributed by atoms with van der Waals surface area (Å²) in [6, 6.07) is 7.08. The van der Waals surface area contributed by atoms with Gasteiger partial charge in [-0.25, -0.2) is 4.39 Å². The molecule has 0 radical (unpaired) electrons. The molecule has 0 spiro atoms. The van der Waals surface area contributed by atoms with Crippen molar-refractivity contribution in [1.82, 2.24) is 9.80 Å². The highest BCUT2D eigenvalue weighted by Gasteiger charge is 2.37. The third-order valence-electron chi connectivity index (χ3n) is 7.39. The third kappa shape index (κ3) is 8.67. The predicted molar refractivity (Wildman–Crippen MR) is 141 cm³/mol. The molecule has 230 valence electrons. The first-order valence-electron chi connectivity index (χ1n) is 13.7. The highest BCUT2D eigenvalue weighted by atomic mass is 19.4. The van der Waals surface area contributed by atoms with Crippen molar-refractivity contribution < 1.29 is 44.9 Å². The number of likely N-dealkylation sites (tertiary alicyclic amines) is 1. The molecular weight excluding hydrogens is 569 g/mol. The number of benzene rings is 2. The molecule has 0 bridgehead atoms. The number of morpholine rings is 1. The molecule has 12 heteroatoms. The Hall–Kier alpha value is -2.69. The van der Waals surface area contributed by atoms with Crippen molar-refractivity contribution in [3.63, 3.8) is 0 Å². The van der Waals surface area contributed by atoms with Crippen molar-refractivity contribution in [3.05, 3.63) is 70.5 Å². The Morgan fingerprint density at radius 2 is 1.55 bits per heavy atom. The van der Waals surface area contributed by atoms with Crippen LogP contribution >= 0.6 is 0 Å². The molecule has 0 aromatic heterocycles. The van der Waals surface area contributed by atoms with Gasteiger partial charge < -0.3 is 14.2 Å². The van der Waals surface area contributed by atoms with Crippen LogP contribution in [-0.4, -0.2) is 75.2 Å². The molecule has 0 saturated carbocycles. The first kappa shape index (κ1) is 32.2. The van der Waals surface area contributed by atoms with Crippen LogP contribution in [0.4, 0.5) is 30.7 Å².